The Morgan fingerprint density at radius 1 is 0.795 bits per heavy atom. The number of hydrogen-bond donors (Lipinski definition) is 2. The number of benzene rings is 2. The average Bonchev–Trinajstić information content (AvgIpc) is 3.17. The maximum Gasteiger partial charge on any atom is 0.494 e. The quantitative estimate of drug-likeness (QED) is 0.425. The molecule has 210 valence electrons. The molecular formula is C29H42B2N2O6. The fourth-order valence-corrected chi connectivity index (χ4v) is 4.82. The molecule has 3 N–H and O–H groups in total. The first-order valence-corrected chi connectivity index (χ1v) is 13.5. The summed E-state index contributed by atoms with van der Waals surface area (Å²) in [6.07, 6.45) is -1.94. The number of rotatable bonds is 6. The Hall–Kier alpha value is -2.36. The highest BCUT2D eigenvalue weighted by Crippen LogP contribution is 2.37. The average molecular weight is 536 g/mol. The molecule has 2 saturated heterocycles. The minimum atomic E-state index is -1.09. The van der Waals surface area contributed by atoms with Crippen molar-refractivity contribution in [1.29, 1.82) is 0 Å². The molecule has 2 aromatic carbocycles. The van der Waals surface area contributed by atoms with E-state index in [1.54, 1.807) is 0 Å². The summed E-state index contributed by atoms with van der Waals surface area (Å²) in [5.41, 5.74) is 9.96. The first kappa shape index (κ1) is 29.6. The van der Waals surface area contributed by atoms with Crippen LogP contribution in [0.5, 0.6) is 0 Å². The van der Waals surface area contributed by atoms with Crippen molar-refractivity contribution in [2.24, 2.45) is 5.73 Å². The van der Waals surface area contributed by atoms with E-state index in [0.29, 0.717) is 0 Å². The van der Waals surface area contributed by atoms with E-state index in [1.807, 2.05) is 106 Å². The fourth-order valence-electron chi connectivity index (χ4n) is 4.82. The molecule has 2 aromatic rings. The normalized spacial score (nSPS) is 21.7. The molecule has 2 heterocycles. The summed E-state index contributed by atoms with van der Waals surface area (Å²) in [5, 5.41) is 10.1. The molecule has 4 rings (SSSR count). The van der Waals surface area contributed by atoms with Gasteiger partial charge in [-0.1, -0.05) is 36.4 Å². The molecule has 0 radical (unpaired) electrons. The van der Waals surface area contributed by atoms with Crippen LogP contribution in [0.15, 0.2) is 36.4 Å². The Morgan fingerprint density at radius 3 is 1.59 bits per heavy atom. The van der Waals surface area contributed by atoms with Crippen LogP contribution in [0.2, 0.25) is 0 Å². The number of aryl methyl sites for hydroxylation is 2. The Kier molecular flexibility index (Phi) is 7.54. The van der Waals surface area contributed by atoms with Crippen molar-refractivity contribution in [2.45, 2.75) is 104 Å². The predicted molar refractivity (Wildman–Crippen MR) is 154 cm³/mol. The summed E-state index contributed by atoms with van der Waals surface area (Å²) >= 11 is 0. The van der Waals surface area contributed by atoms with Crippen molar-refractivity contribution in [2.75, 3.05) is 0 Å². The van der Waals surface area contributed by atoms with Crippen molar-refractivity contribution in [3.63, 3.8) is 0 Å². The zero-order valence-corrected chi connectivity index (χ0v) is 24.9. The van der Waals surface area contributed by atoms with Gasteiger partial charge in [-0.15, -0.1) is 0 Å². The summed E-state index contributed by atoms with van der Waals surface area (Å²) in [4.78, 5) is 13.6. The standard InChI is InChI=1S/C29H42B2N2O6/c1-18-15-21(30-36-26(3,4)27(5,6)37-30)12-11-20(18)17-33(25(34)35)24(32)23-14-13-22(16-19(23)2)31-38-28(7,8)29(9,10)39-31/h11-16,24H,17,32H2,1-10H3,(H,34,35). The van der Waals surface area contributed by atoms with Crippen molar-refractivity contribution < 1.29 is 28.5 Å². The highest BCUT2D eigenvalue weighted by molar-refractivity contribution is 6.62. The van der Waals surface area contributed by atoms with Crippen molar-refractivity contribution in [1.82, 2.24) is 4.90 Å². The summed E-state index contributed by atoms with van der Waals surface area (Å²) < 4.78 is 24.7. The molecule has 0 saturated carbocycles. The van der Waals surface area contributed by atoms with Crippen LogP contribution in [0.3, 0.4) is 0 Å². The molecule has 8 nitrogen and oxygen atoms in total. The van der Waals surface area contributed by atoms with Gasteiger partial charge in [0, 0.05) is 0 Å². The zero-order chi connectivity index (χ0) is 29.1. The molecule has 10 heteroatoms. The van der Waals surface area contributed by atoms with Crippen LogP contribution < -0.4 is 16.7 Å². The fraction of sp³-hybridized carbons (Fsp3) is 0.552. The molecule has 39 heavy (non-hydrogen) atoms. The second-order valence-corrected chi connectivity index (χ2v) is 12.8. The third kappa shape index (κ3) is 5.50. The Bertz CT molecular complexity index is 1230. The molecular weight excluding hydrogens is 494 g/mol. The van der Waals surface area contributed by atoms with Gasteiger partial charge in [-0.25, -0.2) is 4.79 Å². The van der Waals surface area contributed by atoms with Crippen LogP contribution in [-0.4, -0.2) is 52.7 Å². The number of nitrogens with two attached hydrogens (primary N) is 1. The lowest BCUT2D eigenvalue weighted by atomic mass is 9.77. The molecule has 0 aliphatic carbocycles. The van der Waals surface area contributed by atoms with Gasteiger partial charge in [0.15, 0.2) is 0 Å². The molecule has 0 aromatic heterocycles. The van der Waals surface area contributed by atoms with E-state index in [2.05, 4.69) is 0 Å². The van der Waals surface area contributed by atoms with Gasteiger partial charge >= 0.3 is 20.3 Å². The second-order valence-electron chi connectivity index (χ2n) is 12.8. The maximum absolute atomic E-state index is 12.3. The Morgan fingerprint density at radius 2 is 1.21 bits per heavy atom. The monoisotopic (exact) mass is 536 g/mol. The minimum Gasteiger partial charge on any atom is -0.465 e. The summed E-state index contributed by atoms with van der Waals surface area (Å²) in [6.45, 7) is 20.2. The van der Waals surface area contributed by atoms with Gasteiger partial charge in [0.25, 0.3) is 0 Å². The van der Waals surface area contributed by atoms with Crippen molar-refractivity contribution in [3.05, 3.63) is 58.7 Å². The third-order valence-corrected chi connectivity index (χ3v) is 8.95. The Balaban J connectivity index is 1.52. The van der Waals surface area contributed by atoms with E-state index >= 15 is 0 Å². The van der Waals surface area contributed by atoms with Gasteiger partial charge in [-0.2, -0.15) is 0 Å². The SMILES string of the molecule is Cc1cc(B2OC(C)(C)C(C)(C)O2)ccc1CN(C(=O)O)C(N)c1ccc(B2OC(C)(C)C(C)(C)O2)cc1C. The van der Waals surface area contributed by atoms with E-state index in [9.17, 15) is 9.90 Å². The molecule has 1 unspecified atom stereocenters. The van der Waals surface area contributed by atoms with Gasteiger partial charge < -0.3 is 29.5 Å². The smallest absolute Gasteiger partial charge is 0.465 e. The number of amides is 1. The van der Waals surface area contributed by atoms with Crippen LogP contribution in [0.1, 0.15) is 83.8 Å². The topological polar surface area (TPSA) is 103 Å². The summed E-state index contributed by atoms with van der Waals surface area (Å²) in [6, 6.07) is 11.6. The van der Waals surface area contributed by atoms with E-state index in [1.165, 1.54) is 4.90 Å². The van der Waals surface area contributed by atoms with Gasteiger partial charge in [0.1, 0.15) is 6.17 Å². The highest BCUT2D eigenvalue weighted by Gasteiger charge is 2.52. The molecule has 2 fully saturated rings. The largest absolute Gasteiger partial charge is 0.494 e. The lowest BCUT2D eigenvalue weighted by Gasteiger charge is -2.32. The molecule has 1 amide bonds. The van der Waals surface area contributed by atoms with Crippen LogP contribution in [0.25, 0.3) is 0 Å². The summed E-state index contributed by atoms with van der Waals surface area (Å²) in [5.74, 6) is 0. The van der Waals surface area contributed by atoms with Crippen LogP contribution in [0, 0.1) is 13.8 Å². The van der Waals surface area contributed by atoms with Crippen LogP contribution in [-0.2, 0) is 25.2 Å². The molecule has 0 bridgehead atoms. The van der Waals surface area contributed by atoms with Gasteiger partial charge in [-0.3, -0.25) is 4.90 Å². The molecule has 2 aliphatic rings. The zero-order valence-electron chi connectivity index (χ0n) is 24.9. The lowest BCUT2D eigenvalue weighted by molar-refractivity contribution is 0.00578. The molecule has 0 spiro atoms. The van der Waals surface area contributed by atoms with E-state index < -0.39 is 48.9 Å². The predicted octanol–water partition coefficient (Wildman–Crippen LogP) is 4.04. The number of hydrogen-bond acceptors (Lipinski definition) is 6. The minimum absolute atomic E-state index is 0.143. The second kappa shape index (κ2) is 9.93. The molecule has 2 aliphatic heterocycles. The van der Waals surface area contributed by atoms with Gasteiger partial charge in [-0.05, 0) is 102 Å². The van der Waals surface area contributed by atoms with Gasteiger partial charge in [0.05, 0.1) is 28.9 Å². The van der Waals surface area contributed by atoms with E-state index in [-0.39, 0.29) is 6.54 Å². The lowest BCUT2D eigenvalue weighted by Crippen LogP contribution is -2.41. The number of nitrogens with zero attached hydrogens (tertiary/aromatic N) is 1. The van der Waals surface area contributed by atoms with Gasteiger partial charge in [0.2, 0.25) is 0 Å². The first-order valence-electron chi connectivity index (χ1n) is 13.5. The van der Waals surface area contributed by atoms with E-state index in [4.69, 9.17) is 24.4 Å². The van der Waals surface area contributed by atoms with Crippen LogP contribution >= 0.6 is 0 Å². The van der Waals surface area contributed by atoms with E-state index in [0.717, 1.165) is 33.2 Å². The number of carboxylic acid groups (broad SMARTS) is 1. The number of carbonyl (C=O) groups is 1. The first-order chi connectivity index (χ1) is 17.8. The van der Waals surface area contributed by atoms with Crippen molar-refractivity contribution in [3.8, 4) is 0 Å². The third-order valence-electron chi connectivity index (χ3n) is 8.95. The van der Waals surface area contributed by atoms with Crippen LogP contribution in [0.4, 0.5) is 4.79 Å². The molecule has 1 atom stereocenters. The highest BCUT2D eigenvalue weighted by atomic mass is 16.7. The maximum atomic E-state index is 12.3. The Labute approximate surface area is 233 Å². The summed E-state index contributed by atoms with van der Waals surface area (Å²) in [7, 11) is -0.981. The van der Waals surface area contributed by atoms with Crippen molar-refractivity contribution >= 4 is 31.3 Å².